The van der Waals surface area contributed by atoms with Crippen LogP contribution in [0.2, 0.25) is 10.0 Å². The molecule has 1 aromatic carbocycles. The molecular formula is C13H11BrCl2N2OS. The van der Waals surface area contributed by atoms with E-state index in [1.54, 1.807) is 41.5 Å². The molecular weight excluding hydrogens is 383 g/mol. The Kier molecular flexibility index (Phi) is 5.32. The first-order valence-electron chi connectivity index (χ1n) is 5.66. The molecule has 0 unspecified atom stereocenters. The highest BCUT2D eigenvalue weighted by Crippen LogP contribution is 2.25. The highest BCUT2D eigenvalue weighted by atomic mass is 79.9. The highest BCUT2D eigenvalue weighted by Gasteiger charge is 2.11. The van der Waals surface area contributed by atoms with Gasteiger partial charge in [0.25, 0.3) is 0 Å². The number of benzene rings is 1. The van der Waals surface area contributed by atoms with Crippen LogP contribution in [-0.4, -0.2) is 18.0 Å². The van der Waals surface area contributed by atoms with E-state index in [0.717, 1.165) is 9.35 Å². The third-order valence-corrected chi connectivity index (χ3v) is 4.95. The van der Waals surface area contributed by atoms with Gasteiger partial charge >= 0.3 is 6.03 Å². The van der Waals surface area contributed by atoms with Crippen molar-refractivity contribution in [1.82, 2.24) is 4.90 Å². The zero-order valence-electron chi connectivity index (χ0n) is 10.5. The summed E-state index contributed by atoms with van der Waals surface area (Å²) in [6.07, 6.45) is 0. The van der Waals surface area contributed by atoms with Crippen LogP contribution in [-0.2, 0) is 6.54 Å². The third kappa shape index (κ3) is 4.12. The molecule has 2 amide bonds. The van der Waals surface area contributed by atoms with Crippen molar-refractivity contribution in [3.8, 4) is 0 Å². The van der Waals surface area contributed by atoms with E-state index in [2.05, 4.69) is 21.2 Å². The summed E-state index contributed by atoms with van der Waals surface area (Å²) in [5, 5.41) is 5.63. The SMILES string of the molecule is CN(Cc1cc(Br)cs1)C(=O)Nc1ccc(Cl)c(Cl)c1. The van der Waals surface area contributed by atoms with Crippen molar-refractivity contribution in [2.45, 2.75) is 6.54 Å². The number of hydrogen-bond acceptors (Lipinski definition) is 2. The molecule has 0 spiro atoms. The molecule has 0 aliphatic carbocycles. The van der Waals surface area contributed by atoms with Crippen LogP contribution < -0.4 is 5.32 Å². The second-order valence-electron chi connectivity index (χ2n) is 4.15. The largest absolute Gasteiger partial charge is 0.322 e. The average molecular weight is 394 g/mol. The van der Waals surface area contributed by atoms with Crippen LogP contribution >= 0.6 is 50.5 Å². The van der Waals surface area contributed by atoms with Gasteiger partial charge in [0.15, 0.2) is 0 Å². The maximum Gasteiger partial charge on any atom is 0.321 e. The van der Waals surface area contributed by atoms with Gasteiger partial charge in [0.05, 0.1) is 16.6 Å². The standard InChI is InChI=1S/C13H11BrCl2N2OS/c1-18(6-10-4-8(14)7-20-10)13(19)17-9-2-3-11(15)12(16)5-9/h2-5,7H,6H2,1H3,(H,17,19). The van der Waals surface area contributed by atoms with Gasteiger partial charge in [0.1, 0.15) is 0 Å². The van der Waals surface area contributed by atoms with E-state index < -0.39 is 0 Å². The fourth-order valence-corrected chi connectivity index (χ4v) is 3.34. The van der Waals surface area contributed by atoms with Gasteiger partial charge in [-0.05, 0) is 40.2 Å². The summed E-state index contributed by atoms with van der Waals surface area (Å²) < 4.78 is 1.02. The summed E-state index contributed by atoms with van der Waals surface area (Å²) in [7, 11) is 1.74. The zero-order chi connectivity index (χ0) is 14.7. The number of rotatable bonds is 3. The monoisotopic (exact) mass is 392 g/mol. The predicted molar refractivity (Wildman–Crippen MR) is 89.0 cm³/mol. The summed E-state index contributed by atoms with van der Waals surface area (Å²) >= 11 is 16.7. The first-order chi connectivity index (χ1) is 9.45. The Morgan fingerprint density at radius 1 is 1.35 bits per heavy atom. The zero-order valence-corrected chi connectivity index (χ0v) is 14.4. The first kappa shape index (κ1) is 15.6. The van der Waals surface area contributed by atoms with Crippen LogP contribution in [0, 0.1) is 0 Å². The minimum Gasteiger partial charge on any atom is -0.322 e. The number of anilines is 1. The minimum atomic E-state index is -0.201. The van der Waals surface area contributed by atoms with Crippen molar-refractivity contribution in [2.24, 2.45) is 0 Å². The van der Waals surface area contributed by atoms with Crippen molar-refractivity contribution >= 4 is 62.2 Å². The fraction of sp³-hybridized carbons (Fsp3) is 0.154. The number of carbonyl (C=O) groups is 1. The molecule has 7 heteroatoms. The molecule has 2 rings (SSSR count). The Labute approximate surface area is 139 Å². The number of amides is 2. The lowest BCUT2D eigenvalue weighted by atomic mass is 10.3. The maximum atomic E-state index is 12.1. The first-order valence-corrected chi connectivity index (χ1v) is 8.08. The number of nitrogens with one attached hydrogen (secondary N) is 1. The molecule has 0 saturated carbocycles. The summed E-state index contributed by atoms with van der Waals surface area (Å²) in [6, 6.07) is 6.77. The van der Waals surface area contributed by atoms with Gasteiger partial charge < -0.3 is 10.2 Å². The molecule has 3 nitrogen and oxygen atoms in total. The van der Waals surface area contributed by atoms with E-state index in [1.807, 2.05) is 11.4 Å². The Hall–Kier alpha value is -0.750. The summed E-state index contributed by atoms with van der Waals surface area (Å²) in [6.45, 7) is 0.545. The van der Waals surface area contributed by atoms with Crippen LogP contribution in [0.5, 0.6) is 0 Å². The Balaban J connectivity index is 1.98. The number of carbonyl (C=O) groups excluding carboxylic acids is 1. The molecule has 20 heavy (non-hydrogen) atoms. The normalized spacial score (nSPS) is 10.4. The van der Waals surface area contributed by atoms with E-state index in [4.69, 9.17) is 23.2 Å². The highest BCUT2D eigenvalue weighted by molar-refractivity contribution is 9.10. The molecule has 0 fully saturated rings. The quantitative estimate of drug-likeness (QED) is 0.735. The van der Waals surface area contributed by atoms with Crippen molar-refractivity contribution in [3.63, 3.8) is 0 Å². The second kappa shape index (κ2) is 6.80. The van der Waals surface area contributed by atoms with E-state index in [1.165, 1.54) is 0 Å². The molecule has 0 aliphatic heterocycles. The number of nitrogens with zero attached hydrogens (tertiary/aromatic N) is 1. The average Bonchev–Trinajstić information content (AvgIpc) is 2.79. The lowest BCUT2D eigenvalue weighted by molar-refractivity contribution is 0.221. The number of halogens is 3. The van der Waals surface area contributed by atoms with Gasteiger partial charge in [-0.15, -0.1) is 11.3 Å². The number of hydrogen-bond donors (Lipinski definition) is 1. The van der Waals surface area contributed by atoms with Crippen molar-refractivity contribution in [1.29, 1.82) is 0 Å². The van der Waals surface area contributed by atoms with Gasteiger partial charge in [0.2, 0.25) is 0 Å². The lowest BCUT2D eigenvalue weighted by Gasteiger charge is -2.17. The van der Waals surface area contributed by atoms with Gasteiger partial charge in [-0.2, -0.15) is 0 Å². The number of urea groups is 1. The molecule has 2 aromatic rings. The van der Waals surface area contributed by atoms with E-state index in [-0.39, 0.29) is 6.03 Å². The minimum absolute atomic E-state index is 0.201. The molecule has 0 radical (unpaired) electrons. The Bertz CT molecular complexity index is 633. The number of thiophene rings is 1. The Morgan fingerprint density at radius 2 is 2.10 bits per heavy atom. The summed E-state index contributed by atoms with van der Waals surface area (Å²) in [5.74, 6) is 0. The summed E-state index contributed by atoms with van der Waals surface area (Å²) in [4.78, 5) is 14.8. The van der Waals surface area contributed by atoms with E-state index in [9.17, 15) is 4.79 Å². The van der Waals surface area contributed by atoms with Crippen molar-refractivity contribution in [2.75, 3.05) is 12.4 Å². The van der Waals surface area contributed by atoms with Gasteiger partial charge in [-0.1, -0.05) is 23.2 Å². The van der Waals surface area contributed by atoms with Crippen LogP contribution in [0.25, 0.3) is 0 Å². The molecule has 1 heterocycles. The van der Waals surface area contributed by atoms with E-state index in [0.29, 0.717) is 22.3 Å². The Morgan fingerprint density at radius 3 is 2.70 bits per heavy atom. The third-order valence-electron chi connectivity index (χ3n) is 2.53. The van der Waals surface area contributed by atoms with Gasteiger partial charge in [0, 0.05) is 27.5 Å². The predicted octanol–water partition coefficient (Wildman–Crippen LogP) is 5.48. The van der Waals surface area contributed by atoms with Crippen molar-refractivity contribution < 1.29 is 4.79 Å². The molecule has 1 aromatic heterocycles. The van der Waals surface area contributed by atoms with Gasteiger partial charge in [-0.3, -0.25) is 0 Å². The second-order valence-corrected chi connectivity index (χ2v) is 6.87. The van der Waals surface area contributed by atoms with Crippen molar-refractivity contribution in [3.05, 3.63) is 49.0 Å². The topological polar surface area (TPSA) is 32.3 Å². The molecule has 1 N–H and O–H groups in total. The smallest absolute Gasteiger partial charge is 0.321 e. The molecule has 106 valence electrons. The molecule has 0 bridgehead atoms. The van der Waals surface area contributed by atoms with Gasteiger partial charge in [-0.25, -0.2) is 4.79 Å². The molecule has 0 atom stereocenters. The van der Waals surface area contributed by atoms with Crippen LogP contribution in [0.15, 0.2) is 34.1 Å². The molecule has 0 aliphatic rings. The van der Waals surface area contributed by atoms with E-state index >= 15 is 0 Å². The van der Waals surface area contributed by atoms with Crippen LogP contribution in [0.1, 0.15) is 4.88 Å². The lowest BCUT2D eigenvalue weighted by Crippen LogP contribution is -2.30. The fourth-order valence-electron chi connectivity index (χ4n) is 1.54. The van der Waals surface area contributed by atoms with Crippen LogP contribution in [0.3, 0.4) is 0 Å². The maximum absolute atomic E-state index is 12.1. The summed E-state index contributed by atoms with van der Waals surface area (Å²) in [5.41, 5.74) is 0.614. The van der Waals surface area contributed by atoms with Crippen LogP contribution in [0.4, 0.5) is 10.5 Å². The molecule has 0 saturated heterocycles.